The molecule has 0 aromatic heterocycles. The van der Waals surface area contributed by atoms with Crippen molar-refractivity contribution in [1.29, 1.82) is 0 Å². The molecule has 7 heteroatoms. The summed E-state index contributed by atoms with van der Waals surface area (Å²) in [4.78, 5) is 11.7. The molecule has 0 spiro atoms. The summed E-state index contributed by atoms with van der Waals surface area (Å²) in [5, 5.41) is 0. The SMILES string of the molecule is NC(=O)c1ccc(OCCCCOCC2CO2)cc1CCCCOCC1CO1. The van der Waals surface area contributed by atoms with Crippen molar-refractivity contribution >= 4 is 5.91 Å². The van der Waals surface area contributed by atoms with Crippen LogP contribution in [0.25, 0.3) is 0 Å². The number of nitrogens with two attached hydrogens (primary N) is 1. The van der Waals surface area contributed by atoms with Gasteiger partial charge in [0.1, 0.15) is 18.0 Å². The van der Waals surface area contributed by atoms with Crippen LogP contribution in [0.15, 0.2) is 18.2 Å². The minimum atomic E-state index is -0.402. The van der Waals surface area contributed by atoms with Gasteiger partial charge in [-0.2, -0.15) is 0 Å². The van der Waals surface area contributed by atoms with Gasteiger partial charge in [-0.25, -0.2) is 0 Å². The average molecular weight is 393 g/mol. The van der Waals surface area contributed by atoms with Gasteiger partial charge in [-0.15, -0.1) is 0 Å². The fraction of sp³-hybridized carbons (Fsp3) is 0.667. The molecular formula is C21H31NO6. The van der Waals surface area contributed by atoms with Crippen LogP contribution < -0.4 is 10.5 Å². The third kappa shape index (κ3) is 8.14. The van der Waals surface area contributed by atoms with Crippen molar-refractivity contribution in [2.45, 2.75) is 44.3 Å². The summed E-state index contributed by atoms with van der Waals surface area (Å²) in [7, 11) is 0. The first-order valence-corrected chi connectivity index (χ1v) is 10.2. The maximum Gasteiger partial charge on any atom is 0.248 e. The maximum atomic E-state index is 11.7. The number of aryl methyl sites for hydroxylation is 1. The first-order chi connectivity index (χ1) is 13.7. The topological polar surface area (TPSA) is 95.8 Å². The number of benzene rings is 1. The number of amides is 1. The van der Waals surface area contributed by atoms with Crippen molar-refractivity contribution in [2.75, 3.05) is 46.2 Å². The number of primary amides is 1. The lowest BCUT2D eigenvalue weighted by Gasteiger charge is -2.11. The maximum absolute atomic E-state index is 11.7. The summed E-state index contributed by atoms with van der Waals surface area (Å²) >= 11 is 0. The van der Waals surface area contributed by atoms with Crippen molar-refractivity contribution in [3.05, 3.63) is 29.3 Å². The van der Waals surface area contributed by atoms with Crippen LogP contribution in [0.2, 0.25) is 0 Å². The van der Waals surface area contributed by atoms with Crippen molar-refractivity contribution in [2.24, 2.45) is 5.73 Å². The Bertz CT molecular complexity index is 615. The lowest BCUT2D eigenvalue weighted by Crippen LogP contribution is -2.14. The van der Waals surface area contributed by atoms with Gasteiger partial charge in [0.2, 0.25) is 5.91 Å². The van der Waals surface area contributed by atoms with Gasteiger partial charge in [0.15, 0.2) is 0 Å². The molecule has 0 saturated carbocycles. The number of epoxide rings is 2. The molecule has 0 radical (unpaired) electrons. The van der Waals surface area contributed by atoms with Crippen LogP contribution >= 0.6 is 0 Å². The quantitative estimate of drug-likeness (QED) is 0.341. The van der Waals surface area contributed by atoms with Crippen molar-refractivity contribution in [3.63, 3.8) is 0 Å². The summed E-state index contributed by atoms with van der Waals surface area (Å²) in [5.41, 5.74) is 7.01. The molecular weight excluding hydrogens is 362 g/mol. The Hall–Kier alpha value is -1.67. The zero-order valence-electron chi connectivity index (χ0n) is 16.4. The fourth-order valence-corrected chi connectivity index (χ4v) is 2.88. The molecule has 28 heavy (non-hydrogen) atoms. The minimum absolute atomic E-state index is 0.300. The van der Waals surface area contributed by atoms with E-state index in [-0.39, 0.29) is 0 Å². The number of hydrogen-bond donors (Lipinski definition) is 1. The Morgan fingerprint density at radius 3 is 2.18 bits per heavy atom. The van der Waals surface area contributed by atoms with E-state index in [9.17, 15) is 4.79 Å². The summed E-state index contributed by atoms with van der Waals surface area (Å²) < 4.78 is 27.1. The summed E-state index contributed by atoms with van der Waals surface area (Å²) in [6, 6.07) is 5.50. The fourth-order valence-electron chi connectivity index (χ4n) is 2.88. The van der Waals surface area contributed by atoms with E-state index in [0.29, 0.717) is 44.2 Å². The Morgan fingerprint density at radius 2 is 1.57 bits per heavy atom. The lowest BCUT2D eigenvalue weighted by atomic mass is 10.0. The molecule has 2 atom stereocenters. The molecule has 0 bridgehead atoms. The molecule has 2 heterocycles. The number of unbranched alkanes of at least 4 members (excludes halogenated alkanes) is 2. The molecule has 2 unspecified atom stereocenters. The van der Waals surface area contributed by atoms with Crippen molar-refractivity contribution < 1.29 is 28.5 Å². The highest BCUT2D eigenvalue weighted by atomic mass is 16.6. The van der Waals surface area contributed by atoms with Gasteiger partial charge >= 0.3 is 0 Å². The Morgan fingerprint density at radius 1 is 0.964 bits per heavy atom. The summed E-state index contributed by atoms with van der Waals surface area (Å²) in [6.45, 7) is 5.07. The van der Waals surface area contributed by atoms with Crippen LogP contribution in [-0.2, 0) is 25.4 Å². The monoisotopic (exact) mass is 393 g/mol. The highest BCUT2D eigenvalue weighted by Gasteiger charge is 2.22. The zero-order valence-corrected chi connectivity index (χ0v) is 16.4. The molecule has 1 aromatic carbocycles. The molecule has 2 aliphatic rings. The molecule has 2 N–H and O–H groups in total. The van der Waals surface area contributed by atoms with Crippen LogP contribution in [0.4, 0.5) is 0 Å². The molecule has 3 rings (SSSR count). The highest BCUT2D eigenvalue weighted by molar-refractivity contribution is 5.94. The second kappa shape index (κ2) is 11.4. The predicted octanol–water partition coefficient (Wildman–Crippen LogP) is 2.10. The standard InChI is InChI=1S/C21H31NO6/c22-21(23)20-7-6-17(26-10-4-3-9-25-13-19-15-28-19)11-16(20)5-1-2-8-24-12-18-14-27-18/h6-7,11,18-19H,1-5,8-10,12-15H2,(H2,22,23). The van der Waals surface area contributed by atoms with E-state index in [1.165, 1.54) is 0 Å². The third-order valence-corrected chi connectivity index (χ3v) is 4.69. The smallest absolute Gasteiger partial charge is 0.248 e. The van der Waals surface area contributed by atoms with Crippen LogP contribution in [0.3, 0.4) is 0 Å². The summed E-state index contributed by atoms with van der Waals surface area (Å²) in [6.07, 6.45) is 5.12. The van der Waals surface area contributed by atoms with Crippen LogP contribution in [0, 0.1) is 0 Å². The van der Waals surface area contributed by atoms with E-state index in [4.69, 9.17) is 29.4 Å². The van der Waals surface area contributed by atoms with Crippen molar-refractivity contribution in [3.8, 4) is 5.75 Å². The average Bonchev–Trinajstić information content (AvgIpc) is 3.59. The van der Waals surface area contributed by atoms with Crippen LogP contribution in [0.5, 0.6) is 5.75 Å². The molecule has 2 aliphatic heterocycles. The van der Waals surface area contributed by atoms with Gasteiger partial charge in [-0.1, -0.05) is 0 Å². The number of ether oxygens (including phenoxy) is 5. The Labute approximate surface area is 166 Å². The predicted molar refractivity (Wildman–Crippen MR) is 104 cm³/mol. The first kappa shape index (κ1) is 21.0. The zero-order chi connectivity index (χ0) is 19.6. The highest BCUT2D eigenvalue weighted by Crippen LogP contribution is 2.20. The van der Waals surface area contributed by atoms with Gasteiger partial charge in [-0.05, 0) is 55.9 Å². The minimum Gasteiger partial charge on any atom is -0.494 e. The third-order valence-electron chi connectivity index (χ3n) is 4.69. The molecule has 0 aliphatic carbocycles. The molecule has 2 saturated heterocycles. The molecule has 1 amide bonds. The first-order valence-electron chi connectivity index (χ1n) is 10.2. The number of hydrogen-bond acceptors (Lipinski definition) is 6. The van der Waals surface area contributed by atoms with Gasteiger partial charge in [0, 0.05) is 18.8 Å². The largest absolute Gasteiger partial charge is 0.494 e. The summed E-state index contributed by atoms with van der Waals surface area (Å²) in [5.74, 6) is 0.370. The Kier molecular flexibility index (Phi) is 8.54. The Balaban J connectivity index is 1.33. The van der Waals surface area contributed by atoms with Crippen LogP contribution in [-0.4, -0.2) is 64.4 Å². The van der Waals surface area contributed by atoms with E-state index >= 15 is 0 Å². The molecule has 156 valence electrons. The number of carbonyl (C=O) groups excluding carboxylic acids is 1. The normalized spacial score (nSPS) is 20.1. The lowest BCUT2D eigenvalue weighted by molar-refractivity contribution is 0.0999. The number of carbonyl (C=O) groups is 1. The van der Waals surface area contributed by atoms with E-state index < -0.39 is 5.91 Å². The van der Waals surface area contributed by atoms with Gasteiger partial charge in [0.05, 0.1) is 33.0 Å². The van der Waals surface area contributed by atoms with Crippen LogP contribution in [0.1, 0.15) is 41.6 Å². The molecule has 7 nitrogen and oxygen atoms in total. The van der Waals surface area contributed by atoms with Gasteiger partial charge < -0.3 is 29.4 Å². The number of rotatable bonds is 16. The van der Waals surface area contributed by atoms with Crippen molar-refractivity contribution in [1.82, 2.24) is 0 Å². The molecule has 1 aromatic rings. The van der Waals surface area contributed by atoms with Gasteiger partial charge in [0.25, 0.3) is 0 Å². The van der Waals surface area contributed by atoms with E-state index in [1.807, 2.05) is 12.1 Å². The second-order valence-electron chi connectivity index (χ2n) is 7.26. The second-order valence-corrected chi connectivity index (χ2v) is 7.26. The van der Waals surface area contributed by atoms with E-state index in [0.717, 1.165) is 63.2 Å². The van der Waals surface area contributed by atoms with Gasteiger partial charge in [-0.3, -0.25) is 4.79 Å². The molecule has 2 fully saturated rings. The van der Waals surface area contributed by atoms with E-state index in [1.54, 1.807) is 6.07 Å². The van der Waals surface area contributed by atoms with E-state index in [2.05, 4.69) is 0 Å².